The largest absolute Gasteiger partial charge is 0.550 e. The number of carbonyl (C=O) groups excluding carboxylic acids is 1. The van der Waals surface area contributed by atoms with Gasteiger partial charge in [0.25, 0.3) is 0 Å². The van der Waals surface area contributed by atoms with E-state index in [4.69, 9.17) is 0 Å². The molecule has 0 aromatic rings. The van der Waals surface area contributed by atoms with Crippen LogP contribution in [0.1, 0.15) is 19.8 Å². The predicted molar refractivity (Wildman–Crippen MR) is 61.2 cm³/mol. The van der Waals surface area contributed by atoms with E-state index in [0.717, 1.165) is 4.48 Å². The van der Waals surface area contributed by atoms with Crippen LogP contribution in [-0.4, -0.2) is 50.1 Å². The van der Waals surface area contributed by atoms with Gasteiger partial charge in [0.05, 0.1) is 27.7 Å². The minimum absolute atomic E-state index is 0.168. The van der Waals surface area contributed by atoms with Crippen LogP contribution in [-0.2, 0) is 4.79 Å². The molecule has 0 spiro atoms. The fourth-order valence-corrected chi connectivity index (χ4v) is 1.23. The predicted octanol–water partition coefficient (Wildman–Crippen LogP) is 0.592. The molecule has 86 valence electrons. The lowest BCUT2D eigenvalue weighted by atomic mass is 10.4. The van der Waals surface area contributed by atoms with E-state index >= 15 is 0 Å². The second-order valence-corrected chi connectivity index (χ2v) is 5.11. The van der Waals surface area contributed by atoms with E-state index in [2.05, 4.69) is 28.1 Å². The molecule has 0 heterocycles. The van der Waals surface area contributed by atoms with Gasteiger partial charge >= 0.3 is 0 Å². The maximum absolute atomic E-state index is 9.63. The third-order valence-electron chi connectivity index (χ3n) is 1.40. The summed E-state index contributed by atoms with van der Waals surface area (Å²) in [6.07, 6.45) is 3.31. The highest BCUT2D eigenvalue weighted by atomic mass is 32.2. The zero-order valence-corrected chi connectivity index (χ0v) is 10.8. The van der Waals surface area contributed by atoms with Crippen molar-refractivity contribution in [1.29, 1.82) is 0 Å². The van der Waals surface area contributed by atoms with E-state index in [1.165, 1.54) is 24.7 Å². The van der Waals surface area contributed by atoms with E-state index in [-0.39, 0.29) is 6.42 Å². The molecule has 0 bridgehead atoms. The molecule has 0 radical (unpaired) electrons. The molecular weight excluding hydrogens is 198 g/mol. The molecule has 0 N–H and O–H groups in total. The lowest BCUT2D eigenvalue weighted by Crippen LogP contribution is -2.34. The van der Waals surface area contributed by atoms with Crippen LogP contribution in [0.5, 0.6) is 0 Å². The normalized spacial score (nSPS) is 10.4. The molecule has 4 heteroatoms. The first-order valence-corrected chi connectivity index (χ1v) is 6.22. The standard InChI is InChI=1S/C6H16N.C4H8O2S/c1-5-6-7(2,3)4;1-7-3-2-4(5)6/h5-6H2,1-4H3;2-3H2,1H3,(H,5,6)/q+1;/p-1. The van der Waals surface area contributed by atoms with Crippen molar-refractivity contribution in [1.82, 2.24) is 0 Å². The second kappa shape index (κ2) is 9.34. The number of rotatable bonds is 5. The number of hydrogen-bond acceptors (Lipinski definition) is 3. The average Bonchev–Trinajstić information content (AvgIpc) is 1.99. The van der Waals surface area contributed by atoms with Crippen LogP contribution in [0.15, 0.2) is 0 Å². The van der Waals surface area contributed by atoms with E-state index in [9.17, 15) is 9.90 Å². The Labute approximate surface area is 92.1 Å². The molecule has 0 fully saturated rings. The molecule has 0 aliphatic carbocycles. The summed E-state index contributed by atoms with van der Waals surface area (Å²) in [7, 11) is 6.64. The van der Waals surface area contributed by atoms with Crippen molar-refractivity contribution in [3.8, 4) is 0 Å². The van der Waals surface area contributed by atoms with Gasteiger partial charge in [-0.3, -0.25) is 0 Å². The van der Waals surface area contributed by atoms with Gasteiger partial charge in [-0.2, -0.15) is 11.8 Å². The summed E-state index contributed by atoms with van der Waals surface area (Å²) in [5.74, 6) is -0.308. The highest BCUT2D eigenvalue weighted by Gasteiger charge is 2.01. The fourth-order valence-electron chi connectivity index (χ4n) is 0.856. The van der Waals surface area contributed by atoms with Gasteiger partial charge in [-0.15, -0.1) is 0 Å². The van der Waals surface area contributed by atoms with Crippen LogP contribution in [0.25, 0.3) is 0 Å². The maximum atomic E-state index is 9.63. The van der Waals surface area contributed by atoms with Crippen molar-refractivity contribution >= 4 is 17.7 Å². The van der Waals surface area contributed by atoms with Gasteiger partial charge in [-0.1, -0.05) is 6.92 Å². The van der Waals surface area contributed by atoms with Gasteiger partial charge in [0.15, 0.2) is 0 Å². The zero-order valence-electron chi connectivity index (χ0n) is 10.0. The summed E-state index contributed by atoms with van der Waals surface area (Å²) in [5.41, 5.74) is 0. The molecular formula is C10H23NO2S. The first-order chi connectivity index (χ1) is 6.33. The molecule has 14 heavy (non-hydrogen) atoms. The van der Waals surface area contributed by atoms with Crippen LogP contribution in [0, 0.1) is 0 Å². The fraction of sp³-hybridized carbons (Fsp3) is 0.900. The molecule has 0 aromatic heterocycles. The highest BCUT2D eigenvalue weighted by Crippen LogP contribution is 1.92. The molecule has 0 aliphatic rings. The van der Waals surface area contributed by atoms with Crippen molar-refractivity contribution in [2.75, 3.05) is 39.7 Å². The average molecular weight is 221 g/mol. The van der Waals surface area contributed by atoms with Crippen molar-refractivity contribution in [3.63, 3.8) is 0 Å². The first kappa shape index (κ1) is 16.2. The number of carboxylic acids is 1. The van der Waals surface area contributed by atoms with Crippen LogP contribution < -0.4 is 5.11 Å². The quantitative estimate of drug-likeness (QED) is 0.638. The Bertz CT molecular complexity index is 144. The van der Waals surface area contributed by atoms with E-state index < -0.39 is 5.97 Å². The van der Waals surface area contributed by atoms with Gasteiger partial charge in [0.2, 0.25) is 0 Å². The molecule has 0 atom stereocenters. The van der Waals surface area contributed by atoms with Gasteiger partial charge in [0, 0.05) is 5.97 Å². The number of aliphatic carboxylic acids is 1. The molecule has 3 nitrogen and oxygen atoms in total. The summed E-state index contributed by atoms with van der Waals surface area (Å²) in [5, 5.41) is 9.63. The summed E-state index contributed by atoms with van der Waals surface area (Å²) in [4.78, 5) is 9.63. The molecule has 0 amide bonds. The first-order valence-electron chi connectivity index (χ1n) is 4.82. The van der Waals surface area contributed by atoms with Crippen LogP contribution >= 0.6 is 11.8 Å². The number of nitrogens with zero attached hydrogens (tertiary/aromatic N) is 1. The van der Waals surface area contributed by atoms with Crippen molar-refractivity contribution < 1.29 is 14.4 Å². The molecule has 0 aromatic carbocycles. The Morgan fingerprint density at radius 3 is 1.93 bits per heavy atom. The van der Waals surface area contributed by atoms with Crippen LogP contribution in [0.3, 0.4) is 0 Å². The van der Waals surface area contributed by atoms with Gasteiger partial charge in [-0.05, 0) is 24.9 Å². The second-order valence-electron chi connectivity index (χ2n) is 4.13. The molecule has 0 rings (SSSR count). The maximum Gasteiger partial charge on any atom is 0.0777 e. The molecule has 0 aliphatic heterocycles. The van der Waals surface area contributed by atoms with Crippen molar-refractivity contribution in [2.45, 2.75) is 19.8 Å². The van der Waals surface area contributed by atoms with E-state index in [1.807, 2.05) is 6.26 Å². The number of quaternary nitrogens is 1. The summed E-state index contributed by atoms with van der Waals surface area (Å²) in [6.45, 7) is 3.49. The van der Waals surface area contributed by atoms with Crippen LogP contribution in [0.4, 0.5) is 0 Å². The summed E-state index contributed by atoms with van der Waals surface area (Å²) in [6, 6.07) is 0. The van der Waals surface area contributed by atoms with Gasteiger partial charge in [0.1, 0.15) is 0 Å². The van der Waals surface area contributed by atoms with Crippen LogP contribution in [0.2, 0.25) is 0 Å². The number of carbonyl (C=O) groups is 1. The molecule has 0 saturated carbocycles. The minimum atomic E-state index is -0.964. The van der Waals surface area contributed by atoms with Crippen molar-refractivity contribution in [2.24, 2.45) is 0 Å². The van der Waals surface area contributed by atoms with E-state index in [0.29, 0.717) is 5.75 Å². The SMILES string of the molecule is CCC[N+](C)(C)C.CSCCC(=O)[O-]. The smallest absolute Gasteiger partial charge is 0.0777 e. The highest BCUT2D eigenvalue weighted by molar-refractivity contribution is 7.98. The minimum Gasteiger partial charge on any atom is -0.550 e. The Morgan fingerprint density at radius 2 is 1.86 bits per heavy atom. The lowest BCUT2D eigenvalue weighted by molar-refractivity contribution is -0.870. The van der Waals surface area contributed by atoms with Gasteiger partial charge in [-0.25, -0.2) is 0 Å². The Morgan fingerprint density at radius 1 is 1.36 bits per heavy atom. The van der Waals surface area contributed by atoms with Crippen molar-refractivity contribution in [3.05, 3.63) is 0 Å². The molecule has 0 unspecified atom stereocenters. The monoisotopic (exact) mass is 221 g/mol. The Kier molecular flexibility index (Phi) is 10.8. The number of carboxylic acid groups (broad SMARTS) is 1. The third-order valence-corrected chi connectivity index (χ3v) is 2.02. The lowest BCUT2D eigenvalue weighted by Gasteiger charge is -2.22. The number of hydrogen-bond donors (Lipinski definition) is 0. The summed E-state index contributed by atoms with van der Waals surface area (Å²) < 4.78 is 1.09. The topological polar surface area (TPSA) is 40.1 Å². The Hall–Kier alpha value is -0.220. The molecule has 0 saturated heterocycles. The Balaban J connectivity index is 0. The van der Waals surface area contributed by atoms with Gasteiger partial charge < -0.3 is 14.4 Å². The summed E-state index contributed by atoms with van der Waals surface area (Å²) >= 11 is 1.51. The van der Waals surface area contributed by atoms with E-state index in [1.54, 1.807) is 0 Å². The number of thioether (sulfide) groups is 1. The zero-order chi connectivity index (χ0) is 11.6. The third kappa shape index (κ3) is 22.6.